The molecule has 0 saturated carbocycles. The van der Waals surface area contributed by atoms with Gasteiger partial charge in [0.2, 0.25) is 0 Å². The number of hydrogen-bond acceptors (Lipinski definition) is 4. The molecule has 4 nitrogen and oxygen atoms in total. The quantitative estimate of drug-likeness (QED) is 0.421. The summed E-state index contributed by atoms with van der Waals surface area (Å²) >= 11 is 7.65. The van der Waals surface area contributed by atoms with Crippen LogP contribution >= 0.6 is 22.9 Å². The van der Waals surface area contributed by atoms with Gasteiger partial charge in [-0.2, -0.15) is 0 Å². The van der Waals surface area contributed by atoms with Gasteiger partial charge in [-0.15, -0.1) is 11.3 Å². The van der Waals surface area contributed by atoms with Gasteiger partial charge >= 0.3 is 0 Å². The molecule has 0 unspecified atom stereocenters. The Labute approximate surface area is 186 Å². The van der Waals surface area contributed by atoms with Gasteiger partial charge in [0.05, 0.1) is 16.2 Å². The average Bonchev–Trinajstić information content (AvgIpc) is 3.29. The van der Waals surface area contributed by atoms with E-state index in [2.05, 4.69) is 16.0 Å². The number of likely N-dealkylation sites (tertiary alicyclic amines) is 1. The molecule has 1 fully saturated rings. The van der Waals surface area contributed by atoms with Crippen LogP contribution in [0, 0.1) is 0 Å². The standard InChI is InChI=1S/C24H26ClN3OS/c25-20-6-1-4-18(16-20)9-12-28-13-10-24(29,11-14-28)19-5-2-7-21(17-19)27-23(26)22-8-3-15-30-22/h1-8,15-17,29H,9-14H2,(H2,26,27). The van der Waals surface area contributed by atoms with Crippen molar-refractivity contribution in [3.63, 3.8) is 0 Å². The average molecular weight is 440 g/mol. The van der Waals surface area contributed by atoms with Crippen LogP contribution in [0.1, 0.15) is 28.8 Å². The Hall–Kier alpha value is -2.18. The van der Waals surface area contributed by atoms with Crippen molar-refractivity contribution in [2.75, 3.05) is 19.6 Å². The molecule has 3 aromatic rings. The van der Waals surface area contributed by atoms with E-state index in [1.807, 2.05) is 60.0 Å². The Morgan fingerprint density at radius 2 is 1.90 bits per heavy atom. The van der Waals surface area contributed by atoms with Crippen LogP contribution < -0.4 is 5.73 Å². The summed E-state index contributed by atoms with van der Waals surface area (Å²) in [4.78, 5) is 7.91. The van der Waals surface area contributed by atoms with E-state index in [0.717, 1.165) is 47.2 Å². The minimum atomic E-state index is -0.824. The Balaban J connectivity index is 1.38. The molecule has 0 amide bonds. The summed E-state index contributed by atoms with van der Waals surface area (Å²) in [5.74, 6) is 0.505. The minimum Gasteiger partial charge on any atom is -0.385 e. The third-order valence-corrected chi connectivity index (χ3v) is 6.82. The van der Waals surface area contributed by atoms with Crippen LogP contribution in [0.3, 0.4) is 0 Å². The van der Waals surface area contributed by atoms with Crippen LogP contribution in [-0.2, 0) is 12.0 Å². The molecule has 30 heavy (non-hydrogen) atoms. The molecule has 0 spiro atoms. The van der Waals surface area contributed by atoms with Crippen LogP contribution in [0.25, 0.3) is 0 Å². The fourth-order valence-corrected chi connectivity index (χ4v) is 4.74. The predicted octanol–water partition coefficient (Wildman–Crippen LogP) is 4.96. The van der Waals surface area contributed by atoms with Crippen molar-refractivity contribution in [2.45, 2.75) is 24.9 Å². The zero-order valence-corrected chi connectivity index (χ0v) is 18.4. The van der Waals surface area contributed by atoms with Gasteiger partial charge in [0.15, 0.2) is 0 Å². The van der Waals surface area contributed by atoms with Gasteiger partial charge < -0.3 is 15.7 Å². The van der Waals surface area contributed by atoms with Crippen molar-refractivity contribution in [1.29, 1.82) is 0 Å². The molecular formula is C24H26ClN3OS. The molecule has 0 atom stereocenters. The minimum absolute atomic E-state index is 0.505. The van der Waals surface area contributed by atoms with Gasteiger partial charge in [0.25, 0.3) is 0 Å². The topological polar surface area (TPSA) is 61.9 Å². The van der Waals surface area contributed by atoms with Crippen molar-refractivity contribution in [3.05, 3.63) is 87.1 Å². The number of benzene rings is 2. The molecule has 3 N–H and O–H groups in total. The SMILES string of the molecule is NC(=Nc1cccc(C2(O)CCN(CCc3cccc(Cl)c3)CC2)c1)c1cccs1. The van der Waals surface area contributed by atoms with E-state index in [-0.39, 0.29) is 0 Å². The normalized spacial score (nSPS) is 17.2. The zero-order chi connectivity index (χ0) is 21.0. The fourth-order valence-electron chi connectivity index (χ4n) is 3.90. The van der Waals surface area contributed by atoms with E-state index in [4.69, 9.17) is 17.3 Å². The second-order valence-corrected chi connectivity index (χ2v) is 9.16. The summed E-state index contributed by atoms with van der Waals surface area (Å²) in [5, 5.41) is 14.1. The third kappa shape index (κ3) is 5.10. The number of rotatable bonds is 6. The van der Waals surface area contributed by atoms with Crippen LogP contribution in [0.15, 0.2) is 71.0 Å². The number of halogens is 1. The number of piperidine rings is 1. The molecule has 1 saturated heterocycles. The summed E-state index contributed by atoms with van der Waals surface area (Å²) in [6, 6.07) is 19.8. The Morgan fingerprint density at radius 1 is 1.10 bits per heavy atom. The van der Waals surface area contributed by atoms with E-state index in [1.165, 1.54) is 5.56 Å². The molecule has 2 heterocycles. The first kappa shape index (κ1) is 21.1. The molecule has 1 aliphatic heterocycles. The number of amidine groups is 1. The molecular weight excluding hydrogens is 414 g/mol. The fraction of sp³-hybridized carbons (Fsp3) is 0.292. The summed E-state index contributed by atoms with van der Waals surface area (Å²) in [5.41, 5.74) is 8.24. The van der Waals surface area contributed by atoms with Gasteiger partial charge in [0, 0.05) is 24.7 Å². The maximum Gasteiger partial charge on any atom is 0.141 e. The number of nitrogens with zero attached hydrogens (tertiary/aromatic N) is 2. The molecule has 1 aromatic heterocycles. The third-order valence-electron chi connectivity index (χ3n) is 5.70. The Morgan fingerprint density at radius 3 is 2.63 bits per heavy atom. The first-order valence-corrected chi connectivity index (χ1v) is 11.5. The van der Waals surface area contributed by atoms with Crippen LogP contribution in [0.2, 0.25) is 5.02 Å². The predicted molar refractivity (Wildman–Crippen MR) is 126 cm³/mol. The monoisotopic (exact) mass is 439 g/mol. The van der Waals surface area contributed by atoms with Crippen molar-refractivity contribution < 1.29 is 5.11 Å². The Kier molecular flexibility index (Phi) is 6.54. The number of hydrogen-bond donors (Lipinski definition) is 2. The van der Waals surface area contributed by atoms with Gasteiger partial charge in [0.1, 0.15) is 5.84 Å². The summed E-state index contributed by atoms with van der Waals surface area (Å²) in [7, 11) is 0. The van der Waals surface area contributed by atoms with Gasteiger partial charge in [-0.3, -0.25) is 0 Å². The lowest BCUT2D eigenvalue weighted by Gasteiger charge is -2.38. The summed E-state index contributed by atoms with van der Waals surface area (Å²) < 4.78 is 0. The molecule has 4 rings (SSSR count). The molecule has 0 aliphatic carbocycles. The molecule has 2 aromatic carbocycles. The van der Waals surface area contributed by atoms with Crippen molar-refractivity contribution >= 4 is 34.5 Å². The smallest absolute Gasteiger partial charge is 0.141 e. The van der Waals surface area contributed by atoms with Gasteiger partial charge in [-0.05, 0) is 66.1 Å². The lowest BCUT2D eigenvalue weighted by atomic mass is 9.84. The molecule has 6 heteroatoms. The molecule has 0 radical (unpaired) electrons. The van der Waals surface area contributed by atoms with Crippen LogP contribution in [0.5, 0.6) is 0 Å². The Bertz CT molecular complexity index is 1010. The number of aliphatic hydroxyl groups is 1. The van der Waals surface area contributed by atoms with E-state index >= 15 is 0 Å². The first-order valence-electron chi connectivity index (χ1n) is 10.2. The van der Waals surface area contributed by atoms with E-state index < -0.39 is 5.60 Å². The van der Waals surface area contributed by atoms with Crippen molar-refractivity contribution in [3.8, 4) is 0 Å². The largest absolute Gasteiger partial charge is 0.385 e. The van der Waals surface area contributed by atoms with E-state index in [9.17, 15) is 5.11 Å². The lowest BCUT2D eigenvalue weighted by Crippen LogP contribution is -2.43. The van der Waals surface area contributed by atoms with Crippen LogP contribution in [0.4, 0.5) is 5.69 Å². The highest BCUT2D eigenvalue weighted by molar-refractivity contribution is 7.12. The van der Waals surface area contributed by atoms with E-state index in [0.29, 0.717) is 18.7 Å². The molecule has 0 bridgehead atoms. The summed E-state index contributed by atoms with van der Waals surface area (Å²) in [6.45, 7) is 2.70. The van der Waals surface area contributed by atoms with Gasteiger partial charge in [-0.25, -0.2) is 4.99 Å². The van der Waals surface area contributed by atoms with Crippen LogP contribution in [-0.4, -0.2) is 35.5 Å². The number of aliphatic imine (C=N–C) groups is 1. The highest BCUT2D eigenvalue weighted by Gasteiger charge is 2.33. The molecule has 156 valence electrons. The zero-order valence-electron chi connectivity index (χ0n) is 16.8. The van der Waals surface area contributed by atoms with Gasteiger partial charge in [-0.1, -0.05) is 41.9 Å². The number of nitrogens with two attached hydrogens (primary N) is 1. The highest BCUT2D eigenvalue weighted by atomic mass is 35.5. The second kappa shape index (κ2) is 9.31. The summed E-state index contributed by atoms with van der Waals surface area (Å²) in [6.07, 6.45) is 2.37. The molecule has 1 aliphatic rings. The highest BCUT2D eigenvalue weighted by Crippen LogP contribution is 2.34. The lowest BCUT2D eigenvalue weighted by molar-refractivity contribution is -0.0255. The first-order chi connectivity index (χ1) is 14.5. The van der Waals surface area contributed by atoms with Crippen molar-refractivity contribution in [1.82, 2.24) is 4.90 Å². The second-order valence-electron chi connectivity index (χ2n) is 7.78. The number of thiophene rings is 1. The van der Waals surface area contributed by atoms with E-state index in [1.54, 1.807) is 11.3 Å². The maximum absolute atomic E-state index is 11.3. The van der Waals surface area contributed by atoms with Crippen molar-refractivity contribution in [2.24, 2.45) is 10.7 Å². The maximum atomic E-state index is 11.3.